The van der Waals surface area contributed by atoms with Gasteiger partial charge in [0, 0.05) is 38.5 Å². The molecule has 1 heterocycles. The zero-order valence-corrected chi connectivity index (χ0v) is 24.5. The maximum Gasteiger partial charge on any atom is 0.244 e. The lowest BCUT2D eigenvalue weighted by atomic mass is 10.2. The highest BCUT2D eigenvalue weighted by Crippen LogP contribution is 2.37. The number of ether oxygens (including phenoxy) is 2. The van der Waals surface area contributed by atoms with Crippen LogP contribution in [0.25, 0.3) is 0 Å². The van der Waals surface area contributed by atoms with Crippen LogP contribution in [0.1, 0.15) is 41.5 Å². The van der Waals surface area contributed by atoms with Crippen molar-refractivity contribution in [3.05, 3.63) is 0 Å². The maximum atomic E-state index is 13.3. The first-order chi connectivity index (χ1) is 15.6. The van der Waals surface area contributed by atoms with Gasteiger partial charge in [-0.25, -0.2) is 0 Å². The van der Waals surface area contributed by atoms with Crippen LogP contribution in [0.4, 0.5) is 0 Å². The molecule has 198 valence electrons. The highest BCUT2D eigenvalue weighted by atomic mass is 32.2. The summed E-state index contributed by atoms with van der Waals surface area (Å²) in [6, 6.07) is -1.95. The van der Waals surface area contributed by atoms with Crippen molar-refractivity contribution in [3.63, 3.8) is 0 Å². The Hall–Kier alpha value is -0.660. The molecule has 0 aromatic rings. The highest BCUT2D eigenvalue weighted by Gasteiger charge is 2.42. The average molecular weight is 539 g/mol. The number of nitrogens with one attached hydrogen (secondary N) is 3. The van der Waals surface area contributed by atoms with Crippen molar-refractivity contribution in [2.45, 2.75) is 74.4 Å². The zero-order valence-electron chi connectivity index (χ0n) is 22.1. The molecule has 0 aromatic carbocycles. The van der Waals surface area contributed by atoms with Crippen LogP contribution in [0.5, 0.6) is 0 Å². The van der Waals surface area contributed by atoms with Gasteiger partial charge in [-0.1, -0.05) is 0 Å². The summed E-state index contributed by atoms with van der Waals surface area (Å²) >= 11 is 4.54. The first-order valence-corrected chi connectivity index (χ1v) is 14.1. The summed E-state index contributed by atoms with van der Waals surface area (Å²) in [7, 11) is 6.64. The third-order valence-electron chi connectivity index (χ3n) is 5.90. The number of hydrogen-bond donors (Lipinski definition) is 3. The van der Waals surface area contributed by atoms with E-state index in [9.17, 15) is 14.4 Å². The molecule has 1 rings (SSSR count). The number of methoxy groups -OCH3 is 2. The van der Waals surface area contributed by atoms with Gasteiger partial charge < -0.3 is 25.4 Å². The van der Waals surface area contributed by atoms with Crippen LogP contribution in [0.3, 0.4) is 0 Å². The average Bonchev–Trinajstić information content (AvgIpc) is 3.05. The zero-order chi connectivity index (χ0) is 26.3. The molecule has 1 fully saturated rings. The molecule has 0 saturated carbocycles. The topological polar surface area (TPSA) is 109 Å². The number of carbonyl (C=O) groups is 3. The van der Waals surface area contributed by atoms with E-state index in [2.05, 4.69) is 29.8 Å². The Morgan fingerprint density at radius 1 is 1.00 bits per heavy atom. The molecule has 0 aromatic heterocycles. The van der Waals surface area contributed by atoms with Gasteiger partial charge in [-0.3, -0.25) is 19.3 Å². The molecule has 3 N–H and O–H groups in total. The Kier molecular flexibility index (Phi) is 12.0. The van der Waals surface area contributed by atoms with Gasteiger partial charge in [-0.05, 0) is 48.6 Å². The Morgan fingerprint density at radius 2 is 1.47 bits per heavy atom. The highest BCUT2D eigenvalue weighted by molar-refractivity contribution is 8.01. The second-order valence-electron chi connectivity index (χ2n) is 9.45. The van der Waals surface area contributed by atoms with Gasteiger partial charge in [-0.2, -0.15) is 0 Å². The number of rotatable bonds is 13. The van der Waals surface area contributed by atoms with Gasteiger partial charge >= 0.3 is 0 Å². The number of thioether (sulfide) groups is 3. The minimum absolute atomic E-state index is 0.164. The quantitative estimate of drug-likeness (QED) is 0.302. The SMILES string of the molecule is CNC(=O)[C@H](CSC(C)(C)OC)NC(=O)[C@H](CSC(C)(C)OC)NC(=O)[C@@H]1CSC(C)(C)N1C. The fraction of sp³-hybridized carbons (Fsp3) is 0.864. The molecule has 34 heavy (non-hydrogen) atoms. The number of carbonyl (C=O) groups excluding carboxylic acids is 3. The predicted molar refractivity (Wildman–Crippen MR) is 143 cm³/mol. The smallest absolute Gasteiger partial charge is 0.244 e. The molecular weight excluding hydrogens is 496 g/mol. The Bertz CT molecular complexity index is 721. The fourth-order valence-electron chi connectivity index (χ4n) is 2.89. The van der Waals surface area contributed by atoms with E-state index >= 15 is 0 Å². The van der Waals surface area contributed by atoms with Crippen LogP contribution < -0.4 is 16.0 Å². The van der Waals surface area contributed by atoms with E-state index in [0.29, 0.717) is 17.3 Å². The van der Waals surface area contributed by atoms with E-state index in [1.54, 1.807) is 26.0 Å². The third-order valence-corrected chi connectivity index (χ3v) is 10.1. The summed E-state index contributed by atoms with van der Waals surface area (Å²) in [4.78, 5) is 39.7. The molecule has 1 saturated heterocycles. The summed E-state index contributed by atoms with van der Waals surface area (Å²) in [5.41, 5.74) is 0. The minimum atomic E-state index is -0.832. The fourth-order valence-corrected chi connectivity index (χ4v) is 6.00. The van der Waals surface area contributed by atoms with E-state index in [1.807, 2.05) is 39.6 Å². The Labute approximate surface area is 217 Å². The van der Waals surface area contributed by atoms with Crippen LogP contribution in [-0.4, -0.2) is 101 Å². The first-order valence-electron chi connectivity index (χ1n) is 11.2. The first kappa shape index (κ1) is 31.4. The summed E-state index contributed by atoms with van der Waals surface area (Å²) < 4.78 is 10.9. The van der Waals surface area contributed by atoms with Crippen LogP contribution in [0.2, 0.25) is 0 Å². The molecule has 3 atom stereocenters. The molecule has 0 bridgehead atoms. The second-order valence-corrected chi connectivity index (χ2v) is 14.3. The maximum absolute atomic E-state index is 13.3. The number of likely N-dealkylation sites (N-methyl/N-ethyl adjacent to an activating group) is 2. The minimum Gasteiger partial charge on any atom is -0.368 e. The van der Waals surface area contributed by atoms with E-state index < -0.39 is 27.9 Å². The lowest BCUT2D eigenvalue weighted by Gasteiger charge is -2.31. The molecule has 0 radical (unpaired) electrons. The van der Waals surface area contributed by atoms with Gasteiger partial charge in [-0.15, -0.1) is 35.3 Å². The largest absolute Gasteiger partial charge is 0.368 e. The molecule has 1 aliphatic heterocycles. The van der Waals surface area contributed by atoms with Crippen LogP contribution in [0, 0.1) is 0 Å². The molecule has 0 unspecified atom stereocenters. The van der Waals surface area contributed by atoms with Crippen molar-refractivity contribution in [2.24, 2.45) is 0 Å². The standard InChI is InChI=1S/C22H42N4O5S3/c1-20(2)26(8)16(13-32-20)19(29)25-15(12-34-22(5,6)31-10)18(28)24-14(17(27)23-7)11-33-21(3,4)30-9/h14-16H,11-13H2,1-10H3,(H,23,27)(H,24,28)(H,25,29)/t14-,15-,16-/m0/s1. The van der Waals surface area contributed by atoms with E-state index in [1.165, 1.54) is 30.6 Å². The van der Waals surface area contributed by atoms with Crippen molar-refractivity contribution in [1.82, 2.24) is 20.9 Å². The monoisotopic (exact) mass is 538 g/mol. The van der Waals surface area contributed by atoms with Gasteiger partial charge in [0.05, 0.1) is 10.9 Å². The van der Waals surface area contributed by atoms with Crippen LogP contribution >= 0.6 is 35.3 Å². The summed E-state index contributed by atoms with van der Waals surface area (Å²) in [6.07, 6.45) is 0. The number of nitrogens with zero attached hydrogens (tertiary/aromatic N) is 1. The van der Waals surface area contributed by atoms with Gasteiger partial charge in [0.1, 0.15) is 21.9 Å². The molecule has 9 nitrogen and oxygen atoms in total. The lowest BCUT2D eigenvalue weighted by molar-refractivity contribution is -0.132. The van der Waals surface area contributed by atoms with Gasteiger partial charge in [0.15, 0.2) is 0 Å². The van der Waals surface area contributed by atoms with Crippen molar-refractivity contribution >= 4 is 53.0 Å². The Morgan fingerprint density at radius 3 is 1.85 bits per heavy atom. The molecular formula is C22H42N4O5S3. The van der Waals surface area contributed by atoms with E-state index in [0.717, 1.165) is 0 Å². The van der Waals surface area contributed by atoms with Crippen molar-refractivity contribution in [3.8, 4) is 0 Å². The van der Waals surface area contributed by atoms with Crippen molar-refractivity contribution < 1.29 is 23.9 Å². The van der Waals surface area contributed by atoms with Crippen molar-refractivity contribution in [2.75, 3.05) is 45.6 Å². The second kappa shape index (κ2) is 13.0. The number of hydrogen-bond acceptors (Lipinski definition) is 9. The Balaban J connectivity index is 3.01. The third kappa shape index (κ3) is 9.42. The summed E-state index contributed by atoms with van der Waals surface area (Å²) in [5, 5.41) is 8.35. The lowest BCUT2D eigenvalue weighted by Crippen LogP contribution is -2.58. The summed E-state index contributed by atoms with van der Waals surface area (Å²) in [5.74, 6) is 0.330. The van der Waals surface area contributed by atoms with E-state index in [-0.39, 0.29) is 22.7 Å². The van der Waals surface area contributed by atoms with E-state index in [4.69, 9.17) is 9.47 Å². The van der Waals surface area contributed by atoms with Gasteiger partial charge in [0.25, 0.3) is 0 Å². The van der Waals surface area contributed by atoms with Gasteiger partial charge in [0.2, 0.25) is 17.7 Å². The molecule has 0 aliphatic carbocycles. The number of amides is 3. The van der Waals surface area contributed by atoms with Crippen LogP contribution in [-0.2, 0) is 23.9 Å². The summed E-state index contributed by atoms with van der Waals surface area (Å²) in [6.45, 7) is 11.7. The van der Waals surface area contributed by atoms with Crippen molar-refractivity contribution in [1.29, 1.82) is 0 Å². The molecule has 1 aliphatic rings. The van der Waals surface area contributed by atoms with Crippen LogP contribution in [0.15, 0.2) is 0 Å². The molecule has 12 heteroatoms. The predicted octanol–water partition coefficient (Wildman–Crippen LogP) is 1.72. The normalized spacial score (nSPS) is 20.5. The molecule has 3 amide bonds. The molecule has 0 spiro atoms.